The van der Waals surface area contributed by atoms with Gasteiger partial charge in [0.05, 0.1) is 6.04 Å². The van der Waals surface area contributed by atoms with E-state index in [4.69, 9.17) is 0 Å². The summed E-state index contributed by atoms with van der Waals surface area (Å²) in [5, 5.41) is 0. The standard InChI is InChI=1S/C16H25NO/c1-12(2)15(14-10-8-7-9-11-14)17(13(3)18)16(4,5)6/h7-12,15H,1-6H3. The van der Waals surface area contributed by atoms with E-state index in [0.717, 1.165) is 0 Å². The first-order valence-corrected chi connectivity index (χ1v) is 6.60. The molecule has 1 atom stereocenters. The SMILES string of the molecule is CC(=O)N(C(c1ccccc1)C(C)C)C(C)(C)C. The van der Waals surface area contributed by atoms with E-state index >= 15 is 0 Å². The number of amides is 1. The summed E-state index contributed by atoms with van der Waals surface area (Å²) in [4.78, 5) is 14.0. The van der Waals surface area contributed by atoms with Crippen LogP contribution in [0.15, 0.2) is 30.3 Å². The van der Waals surface area contributed by atoms with Crippen molar-refractivity contribution in [1.82, 2.24) is 4.90 Å². The summed E-state index contributed by atoms with van der Waals surface area (Å²) in [6, 6.07) is 10.4. The van der Waals surface area contributed by atoms with E-state index in [0.29, 0.717) is 5.92 Å². The lowest BCUT2D eigenvalue weighted by atomic mass is 9.90. The fraction of sp³-hybridized carbons (Fsp3) is 0.562. The number of carbonyl (C=O) groups excluding carboxylic acids is 1. The van der Waals surface area contributed by atoms with Gasteiger partial charge in [0.1, 0.15) is 0 Å². The van der Waals surface area contributed by atoms with Gasteiger partial charge >= 0.3 is 0 Å². The van der Waals surface area contributed by atoms with Crippen LogP contribution in [0.1, 0.15) is 53.1 Å². The van der Waals surface area contributed by atoms with Gasteiger partial charge in [0.15, 0.2) is 0 Å². The van der Waals surface area contributed by atoms with Gasteiger partial charge in [-0.1, -0.05) is 44.2 Å². The molecular weight excluding hydrogens is 222 g/mol. The maximum Gasteiger partial charge on any atom is 0.220 e. The topological polar surface area (TPSA) is 20.3 Å². The first-order valence-electron chi connectivity index (χ1n) is 6.60. The molecule has 0 saturated heterocycles. The second-order valence-corrected chi connectivity index (χ2v) is 6.16. The van der Waals surface area contributed by atoms with Gasteiger partial charge in [-0.15, -0.1) is 0 Å². The number of rotatable bonds is 3. The highest BCUT2D eigenvalue weighted by molar-refractivity contribution is 5.74. The minimum Gasteiger partial charge on any atom is -0.331 e. The fourth-order valence-corrected chi connectivity index (χ4v) is 2.57. The third kappa shape index (κ3) is 3.34. The van der Waals surface area contributed by atoms with Gasteiger partial charge in [-0.25, -0.2) is 0 Å². The van der Waals surface area contributed by atoms with E-state index in [1.807, 2.05) is 23.1 Å². The fourth-order valence-electron chi connectivity index (χ4n) is 2.57. The van der Waals surface area contributed by atoms with E-state index in [2.05, 4.69) is 46.8 Å². The molecule has 0 aromatic heterocycles. The third-order valence-electron chi connectivity index (χ3n) is 3.11. The molecule has 0 N–H and O–H groups in total. The molecule has 2 nitrogen and oxygen atoms in total. The molecule has 0 aliphatic carbocycles. The molecule has 1 rings (SSSR count). The van der Waals surface area contributed by atoms with Crippen LogP contribution in [0.4, 0.5) is 0 Å². The molecule has 0 heterocycles. The summed E-state index contributed by atoms with van der Waals surface area (Å²) in [6.07, 6.45) is 0. The quantitative estimate of drug-likeness (QED) is 0.789. The van der Waals surface area contributed by atoms with Crippen LogP contribution in [0.5, 0.6) is 0 Å². The monoisotopic (exact) mass is 247 g/mol. The Hall–Kier alpha value is -1.31. The van der Waals surface area contributed by atoms with Crippen molar-refractivity contribution in [1.29, 1.82) is 0 Å². The largest absolute Gasteiger partial charge is 0.331 e. The molecule has 0 radical (unpaired) electrons. The molecular formula is C16H25NO. The normalized spacial score (nSPS) is 13.5. The molecule has 1 aromatic rings. The maximum atomic E-state index is 12.0. The molecule has 0 saturated carbocycles. The van der Waals surface area contributed by atoms with Crippen molar-refractivity contribution >= 4 is 5.91 Å². The zero-order chi connectivity index (χ0) is 13.9. The lowest BCUT2D eigenvalue weighted by Gasteiger charge is -2.43. The highest BCUT2D eigenvalue weighted by atomic mass is 16.2. The summed E-state index contributed by atoms with van der Waals surface area (Å²) < 4.78 is 0. The number of benzene rings is 1. The van der Waals surface area contributed by atoms with Crippen molar-refractivity contribution in [3.05, 3.63) is 35.9 Å². The average Bonchev–Trinajstić information content (AvgIpc) is 2.24. The van der Waals surface area contributed by atoms with E-state index in [1.54, 1.807) is 6.92 Å². The summed E-state index contributed by atoms with van der Waals surface area (Å²) >= 11 is 0. The summed E-state index contributed by atoms with van der Waals surface area (Å²) in [5.74, 6) is 0.514. The van der Waals surface area contributed by atoms with Crippen LogP contribution in [0.3, 0.4) is 0 Å². The molecule has 0 aliphatic rings. The van der Waals surface area contributed by atoms with Gasteiger partial charge in [0.25, 0.3) is 0 Å². The highest BCUT2D eigenvalue weighted by Gasteiger charge is 2.33. The van der Waals surface area contributed by atoms with Crippen molar-refractivity contribution in [3.63, 3.8) is 0 Å². The predicted octanol–water partition coefficient (Wildman–Crippen LogP) is 4.03. The third-order valence-corrected chi connectivity index (χ3v) is 3.11. The van der Waals surface area contributed by atoms with Gasteiger partial charge < -0.3 is 4.90 Å². The van der Waals surface area contributed by atoms with E-state index in [9.17, 15) is 4.79 Å². The van der Waals surface area contributed by atoms with Crippen LogP contribution >= 0.6 is 0 Å². The van der Waals surface area contributed by atoms with E-state index < -0.39 is 0 Å². The molecule has 0 fully saturated rings. The molecule has 0 aliphatic heterocycles. The number of nitrogens with zero attached hydrogens (tertiary/aromatic N) is 1. The molecule has 1 aromatic carbocycles. The number of carbonyl (C=O) groups is 1. The minimum atomic E-state index is -0.170. The van der Waals surface area contributed by atoms with Gasteiger partial charge in [-0.3, -0.25) is 4.79 Å². The zero-order valence-corrected chi connectivity index (χ0v) is 12.4. The Labute approximate surface area is 111 Å². The first kappa shape index (κ1) is 14.7. The maximum absolute atomic E-state index is 12.0. The second-order valence-electron chi connectivity index (χ2n) is 6.16. The Bertz CT molecular complexity index is 389. The van der Waals surface area contributed by atoms with Crippen LogP contribution in [-0.2, 0) is 4.79 Å². The molecule has 100 valence electrons. The van der Waals surface area contributed by atoms with Gasteiger partial charge in [0, 0.05) is 12.5 Å². The molecule has 2 heteroatoms. The van der Waals surface area contributed by atoms with Crippen molar-refractivity contribution in [2.75, 3.05) is 0 Å². The second kappa shape index (κ2) is 5.55. The lowest BCUT2D eigenvalue weighted by Crippen LogP contribution is -2.48. The van der Waals surface area contributed by atoms with Gasteiger partial charge in [-0.05, 0) is 32.3 Å². The minimum absolute atomic E-state index is 0.128. The smallest absolute Gasteiger partial charge is 0.220 e. The molecule has 0 spiro atoms. The van der Waals surface area contributed by atoms with Crippen LogP contribution in [0.25, 0.3) is 0 Å². The Morgan fingerprint density at radius 2 is 1.61 bits per heavy atom. The molecule has 18 heavy (non-hydrogen) atoms. The molecule has 1 amide bonds. The summed E-state index contributed by atoms with van der Waals surface area (Å²) in [5.41, 5.74) is 1.04. The predicted molar refractivity (Wildman–Crippen MR) is 76.3 cm³/mol. The lowest BCUT2D eigenvalue weighted by molar-refractivity contribution is -0.138. The molecule has 1 unspecified atom stereocenters. The Kier molecular flexibility index (Phi) is 4.55. The Balaban J connectivity index is 3.23. The number of hydrogen-bond donors (Lipinski definition) is 0. The van der Waals surface area contributed by atoms with Crippen LogP contribution in [0.2, 0.25) is 0 Å². The Morgan fingerprint density at radius 3 is 1.94 bits per heavy atom. The van der Waals surface area contributed by atoms with E-state index in [1.165, 1.54) is 5.56 Å². The number of hydrogen-bond acceptors (Lipinski definition) is 1. The summed E-state index contributed by atoms with van der Waals surface area (Å²) in [7, 11) is 0. The van der Waals surface area contributed by atoms with Gasteiger partial charge in [-0.2, -0.15) is 0 Å². The average molecular weight is 247 g/mol. The van der Waals surface area contributed by atoms with Gasteiger partial charge in [0.2, 0.25) is 5.91 Å². The van der Waals surface area contributed by atoms with Crippen LogP contribution < -0.4 is 0 Å². The van der Waals surface area contributed by atoms with Crippen molar-refractivity contribution in [2.45, 2.75) is 53.1 Å². The highest BCUT2D eigenvalue weighted by Crippen LogP contribution is 2.33. The molecule has 0 bridgehead atoms. The van der Waals surface area contributed by atoms with E-state index in [-0.39, 0.29) is 17.5 Å². The van der Waals surface area contributed by atoms with Crippen LogP contribution in [0, 0.1) is 5.92 Å². The Morgan fingerprint density at radius 1 is 1.11 bits per heavy atom. The summed E-state index contributed by atoms with van der Waals surface area (Å²) in [6.45, 7) is 12.3. The first-order chi connectivity index (χ1) is 8.25. The van der Waals surface area contributed by atoms with Crippen molar-refractivity contribution in [2.24, 2.45) is 5.92 Å². The zero-order valence-electron chi connectivity index (χ0n) is 12.4. The van der Waals surface area contributed by atoms with Crippen molar-refractivity contribution < 1.29 is 4.79 Å². The van der Waals surface area contributed by atoms with Crippen molar-refractivity contribution in [3.8, 4) is 0 Å². The van der Waals surface area contributed by atoms with Crippen LogP contribution in [-0.4, -0.2) is 16.3 Å².